The minimum absolute atomic E-state index is 0.00936. The molecular formula is C32H37N2S+. The number of para-hydroxylation sites is 2. The highest BCUT2D eigenvalue weighted by Gasteiger charge is 2.42. The van der Waals surface area contributed by atoms with E-state index in [4.69, 9.17) is 12.6 Å². The van der Waals surface area contributed by atoms with Crippen LogP contribution in [-0.4, -0.2) is 24.4 Å². The average molecular weight is 482 g/mol. The molecule has 2 aliphatic heterocycles. The van der Waals surface area contributed by atoms with Crippen molar-refractivity contribution in [2.24, 2.45) is 0 Å². The summed E-state index contributed by atoms with van der Waals surface area (Å²) in [5, 5.41) is 0. The zero-order valence-electron chi connectivity index (χ0n) is 21.9. The lowest BCUT2D eigenvalue weighted by atomic mass is 9.81. The first kappa shape index (κ1) is 23.9. The molecule has 3 aliphatic rings. The molecule has 0 saturated carbocycles. The Balaban J connectivity index is 1.46. The summed E-state index contributed by atoms with van der Waals surface area (Å²) >= 11 is 5.03. The van der Waals surface area contributed by atoms with Crippen molar-refractivity contribution >= 4 is 29.7 Å². The van der Waals surface area contributed by atoms with Crippen LogP contribution in [0.4, 0.5) is 11.4 Å². The van der Waals surface area contributed by atoms with Gasteiger partial charge in [0.25, 0.3) is 0 Å². The molecule has 3 heteroatoms. The third-order valence-corrected chi connectivity index (χ3v) is 8.84. The van der Waals surface area contributed by atoms with Gasteiger partial charge in [-0.3, -0.25) is 0 Å². The maximum absolute atomic E-state index is 5.03. The van der Waals surface area contributed by atoms with Crippen LogP contribution in [0.1, 0.15) is 58.1 Å². The van der Waals surface area contributed by atoms with Crippen LogP contribution < -0.4 is 4.90 Å². The third-order valence-electron chi connectivity index (χ3n) is 8.27. The first-order chi connectivity index (χ1) is 16.6. The van der Waals surface area contributed by atoms with Gasteiger partial charge < -0.3 is 4.90 Å². The van der Waals surface area contributed by atoms with E-state index in [-0.39, 0.29) is 10.8 Å². The number of nitrogens with zero attached hydrogens (tertiary/aromatic N) is 2. The van der Waals surface area contributed by atoms with Gasteiger partial charge in [-0.15, -0.1) is 12.6 Å². The molecule has 2 nitrogen and oxygen atoms in total. The van der Waals surface area contributed by atoms with Gasteiger partial charge in [-0.25, -0.2) is 0 Å². The molecule has 5 rings (SSSR count). The van der Waals surface area contributed by atoms with Crippen molar-refractivity contribution in [1.29, 1.82) is 0 Å². The molecule has 2 heterocycles. The highest BCUT2D eigenvalue weighted by atomic mass is 32.1. The number of thiol groups is 1. The van der Waals surface area contributed by atoms with E-state index in [1.54, 1.807) is 0 Å². The van der Waals surface area contributed by atoms with Crippen LogP contribution >= 0.6 is 12.6 Å². The normalized spacial score (nSPS) is 23.1. The van der Waals surface area contributed by atoms with E-state index in [0.29, 0.717) is 0 Å². The number of hydrogen-bond donors (Lipinski definition) is 1. The van der Waals surface area contributed by atoms with E-state index in [2.05, 4.69) is 124 Å². The summed E-state index contributed by atoms with van der Waals surface area (Å²) in [6.07, 6.45) is 12.6. The minimum Gasteiger partial charge on any atom is -0.347 e. The van der Waals surface area contributed by atoms with Gasteiger partial charge in [0.2, 0.25) is 5.69 Å². The summed E-state index contributed by atoms with van der Waals surface area (Å²) in [7, 11) is 4.36. The Labute approximate surface area is 216 Å². The zero-order chi connectivity index (χ0) is 25.0. The van der Waals surface area contributed by atoms with Gasteiger partial charge in [0, 0.05) is 46.5 Å². The van der Waals surface area contributed by atoms with E-state index in [1.807, 2.05) is 0 Å². The number of rotatable bonds is 3. The number of likely N-dealkylation sites (N-methyl/N-ethyl adjacent to an activating group) is 1. The van der Waals surface area contributed by atoms with E-state index in [9.17, 15) is 0 Å². The SMILES string of the molecule is CN1/C(=C/C=C2\CCCC(/C=C/C3=[N+](C)c4ccccc4C3(C)C)=C2S)C(C)(C)c2ccccc21. The summed E-state index contributed by atoms with van der Waals surface area (Å²) in [5.74, 6) is 0. The first-order valence-electron chi connectivity index (χ1n) is 12.7. The van der Waals surface area contributed by atoms with Crippen LogP contribution in [0.5, 0.6) is 0 Å². The molecule has 0 radical (unpaired) electrons. The van der Waals surface area contributed by atoms with Crippen LogP contribution in [0.3, 0.4) is 0 Å². The van der Waals surface area contributed by atoms with Crippen molar-refractivity contribution in [3.05, 3.63) is 106 Å². The lowest BCUT2D eigenvalue weighted by Crippen LogP contribution is -2.26. The van der Waals surface area contributed by atoms with Crippen LogP contribution in [0.25, 0.3) is 0 Å². The van der Waals surface area contributed by atoms with E-state index in [1.165, 1.54) is 45.1 Å². The monoisotopic (exact) mass is 481 g/mol. The topological polar surface area (TPSA) is 6.25 Å². The van der Waals surface area contributed by atoms with Crippen LogP contribution in [0.2, 0.25) is 0 Å². The summed E-state index contributed by atoms with van der Waals surface area (Å²) < 4.78 is 2.34. The largest absolute Gasteiger partial charge is 0.347 e. The molecule has 0 aromatic heterocycles. The molecule has 0 N–H and O–H groups in total. The quantitative estimate of drug-likeness (QED) is 0.346. The molecule has 180 valence electrons. The second-order valence-corrected chi connectivity index (χ2v) is 11.5. The fraction of sp³-hybridized carbons (Fsp3) is 0.344. The first-order valence-corrected chi connectivity index (χ1v) is 13.1. The van der Waals surface area contributed by atoms with Crippen molar-refractivity contribution in [3.8, 4) is 0 Å². The summed E-state index contributed by atoms with van der Waals surface area (Å²) in [6.45, 7) is 9.28. The minimum atomic E-state index is -0.00936. The van der Waals surface area contributed by atoms with Gasteiger partial charge in [0.05, 0.1) is 5.41 Å². The van der Waals surface area contributed by atoms with Gasteiger partial charge in [-0.2, -0.15) is 4.58 Å². The summed E-state index contributed by atoms with van der Waals surface area (Å²) in [5.41, 5.74) is 10.7. The molecule has 0 spiro atoms. The van der Waals surface area contributed by atoms with Gasteiger partial charge in [-0.05, 0) is 62.0 Å². The van der Waals surface area contributed by atoms with E-state index in [0.717, 1.165) is 24.2 Å². The smallest absolute Gasteiger partial charge is 0.209 e. The highest BCUT2D eigenvalue weighted by Crippen LogP contribution is 2.47. The van der Waals surface area contributed by atoms with Crippen molar-refractivity contribution in [2.45, 2.75) is 57.8 Å². The van der Waals surface area contributed by atoms with Crippen molar-refractivity contribution in [2.75, 3.05) is 19.0 Å². The predicted octanol–water partition coefficient (Wildman–Crippen LogP) is 7.85. The number of fused-ring (bicyclic) bond motifs is 2. The molecule has 0 fully saturated rings. The highest BCUT2D eigenvalue weighted by molar-refractivity contribution is 7.84. The van der Waals surface area contributed by atoms with Gasteiger partial charge in [0.1, 0.15) is 7.05 Å². The van der Waals surface area contributed by atoms with Crippen molar-refractivity contribution in [3.63, 3.8) is 0 Å². The Kier molecular flexibility index (Phi) is 5.96. The second-order valence-electron chi connectivity index (χ2n) is 11.1. The van der Waals surface area contributed by atoms with Crippen LogP contribution in [0, 0.1) is 0 Å². The maximum atomic E-state index is 5.03. The maximum Gasteiger partial charge on any atom is 0.209 e. The Hall–Kier alpha value is -2.78. The Morgan fingerprint density at radius 3 is 2.26 bits per heavy atom. The molecule has 35 heavy (non-hydrogen) atoms. The Morgan fingerprint density at radius 1 is 0.857 bits per heavy atom. The Morgan fingerprint density at radius 2 is 1.54 bits per heavy atom. The third kappa shape index (κ3) is 3.85. The number of benzene rings is 2. The average Bonchev–Trinajstić information content (AvgIpc) is 3.16. The molecule has 2 aromatic rings. The lowest BCUT2D eigenvalue weighted by Gasteiger charge is -2.24. The number of hydrogen-bond acceptors (Lipinski definition) is 2. The van der Waals surface area contributed by atoms with Crippen LogP contribution in [-0.2, 0) is 10.8 Å². The molecule has 0 bridgehead atoms. The van der Waals surface area contributed by atoms with Crippen LogP contribution in [0.15, 0.2) is 94.6 Å². The van der Waals surface area contributed by atoms with Gasteiger partial charge in [-0.1, -0.05) is 62.4 Å². The molecular weight excluding hydrogens is 444 g/mol. The zero-order valence-corrected chi connectivity index (χ0v) is 22.8. The molecule has 2 aromatic carbocycles. The van der Waals surface area contributed by atoms with E-state index >= 15 is 0 Å². The second kappa shape index (κ2) is 8.71. The molecule has 0 saturated heterocycles. The molecule has 0 atom stereocenters. The van der Waals surface area contributed by atoms with Crippen molar-refractivity contribution < 1.29 is 4.58 Å². The lowest BCUT2D eigenvalue weighted by molar-refractivity contribution is -0.401. The summed E-state index contributed by atoms with van der Waals surface area (Å²) in [6, 6.07) is 17.5. The molecule has 0 amide bonds. The van der Waals surface area contributed by atoms with Crippen molar-refractivity contribution in [1.82, 2.24) is 0 Å². The van der Waals surface area contributed by atoms with E-state index < -0.39 is 0 Å². The summed E-state index contributed by atoms with van der Waals surface area (Å²) in [4.78, 5) is 3.47. The standard InChI is InChI=1S/C32H36N2S/c1-31(2)24-14-7-9-16-26(24)33(5)28(31)20-18-22-12-11-13-23(30(22)35)19-21-29-32(3,4)25-15-8-10-17-27(25)34(29)6/h7-10,14-21H,11-13H2,1-6H3/p+1/b22-18+,28-20+. The number of allylic oxidation sites excluding steroid dienone is 7. The van der Waals surface area contributed by atoms with Gasteiger partial charge >= 0.3 is 0 Å². The van der Waals surface area contributed by atoms with Gasteiger partial charge in [0.15, 0.2) is 5.71 Å². The predicted molar refractivity (Wildman–Crippen MR) is 153 cm³/mol. The fourth-order valence-corrected chi connectivity index (χ4v) is 6.57. The molecule has 0 unspecified atom stereocenters. The fourth-order valence-electron chi connectivity index (χ4n) is 6.20. The number of anilines is 1. The Bertz CT molecular complexity index is 1350. The molecule has 1 aliphatic carbocycles.